The van der Waals surface area contributed by atoms with Crippen molar-refractivity contribution in [1.82, 2.24) is 0 Å². The number of hydrogen-bond acceptors (Lipinski definition) is 6. The first-order valence-corrected chi connectivity index (χ1v) is 8.34. The van der Waals surface area contributed by atoms with Gasteiger partial charge in [0.2, 0.25) is 0 Å². The van der Waals surface area contributed by atoms with Crippen molar-refractivity contribution in [3.8, 4) is 28.7 Å². The van der Waals surface area contributed by atoms with Gasteiger partial charge in [0, 0.05) is 30.7 Å². The summed E-state index contributed by atoms with van der Waals surface area (Å²) in [5.74, 6) is -0.193. The Hall–Kier alpha value is -2.60. The molecule has 0 saturated heterocycles. The fraction of sp³-hybridized carbons (Fsp3) is 0.368. The molecule has 0 spiro atoms. The van der Waals surface area contributed by atoms with Crippen LogP contribution in [0, 0.1) is 0 Å². The van der Waals surface area contributed by atoms with Crippen molar-refractivity contribution < 1.29 is 29.9 Å². The first-order valence-electron chi connectivity index (χ1n) is 8.34. The third-order valence-electron chi connectivity index (χ3n) is 4.32. The number of aromatic hydroxyl groups is 4. The molecule has 1 aliphatic rings. The van der Waals surface area contributed by atoms with Gasteiger partial charge in [-0.15, -0.1) is 0 Å². The van der Waals surface area contributed by atoms with Gasteiger partial charge in [-0.2, -0.15) is 0 Å². The molecular weight excluding hydrogens is 324 g/mol. The molecule has 1 aliphatic heterocycles. The number of phenolic OH excluding ortho intramolecular Hbond substituents is 4. The van der Waals surface area contributed by atoms with Gasteiger partial charge in [0.15, 0.2) is 17.6 Å². The van der Waals surface area contributed by atoms with E-state index in [1.807, 2.05) is 0 Å². The maximum Gasteiger partial charge on any atom is 0.157 e. The van der Waals surface area contributed by atoms with Crippen molar-refractivity contribution >= 4 is 0 Å². The molecule has 134 valence electrons. The Labute approximate surface area is 145 Å². The topological polar surface area (TPSA) is 99.4 Å². The number of fused-ring (bicyclic) bond motifs is 1. The molecule has 2 atom stereocenters. The second kappa shape index (κ2) is 7.11. The minimum atomic E-state index is -0.531. The Balaban J connectivity index is 1.95. The predicted octanol–water partition coefficient (Wildman–Crippen LogP) is 3.37. The molecule has 0 aliphatic carbocycles. The number of benzene rings is 2. The molecule has 6 nitrogen and oxygen atoms in total. The molecule has 0 aromatic heterocycles. The lowest BCUT2D eigenvalue weighted by Crippen LogP contribution is -2.33. The van der Waals surface area contributed by atoms with Crippen molar-refractivity contribution in [1.29, 1.82) is 0 Å². The molecular formula is C19H22O6. The Morgan fingerprint density at radius 1 is 1.04 bits per heavy atom. The monoisotopic (exact) mass is 346 g/mol. The maximum atomic E-state index is 10.1. The summed E-state index contributed by atoms with van der Waals surface area (Å²) in [6, 6.07) is 7.21. The van der Waals surface area contributed by atoms with Crippen molar-refractivity contribution in [3.05, 3.63) is 41.5 Å². The molecule has 2 aromatic carbocycles. The predicted molar refractivity (Wildman–Crippen MR) is 91.3 cm³/mol. The summed E-state index contributed by atoms with van der Waals surface area (Å²) in [4.78, 5) is 0. The van der Waals surface area contributed by atoms with Crippen molar-refractivity contribution in [2.45, 2.75) is 38.4 Å². The average molecular weight is 346 g/mol. The normalized spacial score (nSPS) is 19.2. The lowest BCUT2D eigenvalue weighted by molar-refractivity contribution is -0.0390. The van der Waals surface area contributed by atoms with Gasteiger partial charge < -0.3 is 29.9 Å². The maximum absolute atomic E-state index is 10.1. The van der Waals surface area contributed by atoms with Crippen LogP contribution in [0.15, 0.2) is 30.3 Å². The van der Waals surface area contributed by atoms with E-state index in [1.54, 1.807) is 6.07 Å². The van der Waals surface area contributed by atoms with Gasteiger partial charge in [0.1, 0.15) is 23.4 Å². The second-order valence-electron chi connectivity index (χ2n) is 6.20. The van der Waals surface area contributed by atoms with Crippen LogP contribution in [0.5, 0.6) is 28.7 Å². The largest absolute Gasteiger partial charge is 0.508 e. The van der Waals surface area contributed by atoms with Gasteiger partial charge in [-0.05, 0) is 24.1 Å². The molecule has 0 bridgehead atoms. The third kappa shape index (κ3) is 3.58. The molecule has 0 radical (unpaired) electrons. The number of phenols is 4. The molecule has 2 unspecified atom stereocenters. The summed E-state index contributed by atoms with van der Waals surface area (Å²) in [5.41, 5.74) is 1.23. The molecule has 6 heteroatoms. The van der Waals surface area contributed by atoms with Gasteiger partial charge in [-0.1, -0.05) is 19.4 Å². The molecule has 0 amide bonds. The highest BCUT2D eigenvalue weighted by Crippen LogP contribution is 2.43. The van der Waals surface area contributed by atoms with E-state index < -0.39 is 6.10 Å². The molecule has 25 heavy (non-hydrogen) atoms. The van der Waals surface area contributed by atoms with E-state index in [1.165, 1.54) is 24.3 Å². The third-order valence-corrected chi connectivity index (χ3v) is 4.32. The Kier molecular flexibility index (Phi) is 4.90. The molecule has 3 rings (SSSR count). The van der Waals surface area contributed by atoms with Gasteiger partial charge in [0.05, 0.1) is 0 Å². The molecule has 0 fully saturated rings. The van der Waals surface area contributed by atoms with Crippen LogP contribution in [0.25, 0.3) is 0 Å². The van der Waals surface area contributed by atoms with Gasteiger partial charge in [-0.3, -0.25) is 0 Å². The van der Waals surface area contributed by atoms with Crippen molar-refractivity contribution in [3.63, 3.8) is 0 Å². The summed E-state index contributed by atoms with van der Waals surface area (Å²) < 4.78 is 11.9. The summed E-state index contributed by atoms with van der Waals surface area (Å²) in [6.07, 6.45) is 1.42. The summed E-state index contributed by atoms with van der Waals surface area (Å²) >= 11 is 0. The van der Waals surface area contributed by atoms with E-state index in [-0.39, 0.29) is 29.1 Å². The van der Waals surface area contributed by atoms with Gasteiger partial charge >= 0.3 is 0 Å². The summed E-state index contributed by atoms with van der Waals surface area (Å²) in [5, 5.41) is 39.1. The van der Waals surface area contributed by atoms with Crippen LogP contribution >= 0.6 is 0 Å². The highest BCUT2D eigenvalue weighted by atomic mass is 16.5. The van der Waals surface area contributed by atoms with Gasteiger partial charge in [0.25, 0.3) is 0 Å². The van der Waals surface area contributed by atoms with E-state index in [0.717, 1.165) is 12.8 Å². The van der Waals surface area contributed by atoms with Crippen molar-refractivity contribution in [2.24, 2.45) is 0 Å². The Morgan fingerprint density at radius 2 is 1.84 bits per heavy atom. The van der Waals surface area contributed by atoms with E-state index in [2.05, 4.69) is 6.92 Å². The summed E-state index contributed by atoms with van der Waals surface area (Å²) in [7, 11) is 0. The van der Waals surface area contributed by atoms with Crippen LogP contribution in [0.2, 0.25) is 0 Å². The summed E-state index contributed by atoms with van der Waals surface area (Å²) in [6.45, 7) is 2.62. The molecule has 0 saturated carbocycles. The van der Waals surface area contributed by atoms with Gasteiger partial charge in [-0.25, -0.2) is 0 Å². The first kappa shape index (κ1) is 17.2. The van der Waals surface area contributed by atoms with E-state index in [4.69, 9.17) is 9.47 Å². The average Bonchev–Trinajstić information content (AvgIpc) is 2.57. The zero-order valence-electron chi connectivity index (χ0n) is 14.0. The second-order valence-corrected chi connectivity index (χ2v) is 6.20. The van der Waals surface area contributed by atoms with E-state index in [9.17, 15) is 20.4 Å². The number of hydrogen-bond donors (Lipinski definition) is 4. The standard InChI is InChI=1S/C19H22O6/c1-2-3-6-24-18-10-13-15(22)8-12(20)9-17(13)25-19(18)11-4-5-14(21)16(23)7-11/h4-5,7-9,18-23H,2-3,6,10H2,1H3. The molecule has 4 N–H and O–H groups in total. The minimum Gasteiger partial charge on any atom is -0.508 e. The van der Waals surface area contributed by atoms with E-state index in [0.29, 0.717) is 29.9 Å². The lowest BCUT2D eigenvalue weighted by atomic mass is 9.93. The number of rotatable bonds is 5. The fourth-order valence-electron chi connectivity index (χ4n) is 2.97. The smallest absolute Gasteiger partial charge is 0.157 e. The van der Waals surface area contributed by atoms with Crippen LogP contribution in [0.4, 0.5) is 0 Å². The zero-order chi connectivity index (χ0) is 18.0. The minimum absolute atomic E-state index is 0.0360. The van der Waals surface area contributed by atoms with Crippen LogP contribution < -0.4 is 4.74 Å². The highest BCUT2D eigenvalue weighted by molar-refractivity contribution is 5.52. The Morgan fingerprint density at radius 3 is 2.56 bits per heavy atom. The van der Waals surface area contributed by atoms with Crippen LogP contribution in [-0.2, 0) is 11.2 Å². The Bertz CT molecular complexity index is 758. The SMILES string of the molecule is CCCCOC1Cc2c(O)cc(O)cc2OC1c1ccc(O)c(O)c1. The quantitative estimate of drug-likeness (QED) is 0.489. The number of ether oxygens (including phenoxy) is 2. The fourth-order valence-corrected chi connectivity index (χ4v) is 2.97. The first-order chi connectivity index (χ1) is 12.0. The van der Waals surface area contributed by atoms with Crippen LogP contribution in [-0.4, -0.2) is 33.1 Å². The lowest BCUT2D eigenvalue weighted by Gasteiger charge is -2.34. The number of unbranched alkanes of at least 4 members (excludes halogenated alkanes) is 1. The van der Waals surface area contributed by atoms with Crippen molar-refractivity contribution in [2.75, 3.05) is 6.61 Å². The van der Waals surface area contributed by atoms with E-state index >= 15 is 0 Å². The zero-order valence-corrected chi connectivity index (χ0v) is 14.0. The van der Waals surface area contributed by atoms with Crippen LogP contribution in [0.1, 0.15) is 37.0 Å². The molecule has 2 aromatic rings. The molecule has 1 heterocycles. The highest BCUT2D eigenvalue weighted by Gasteiger charge is 2.34. The van der Waals surface area contributed by atoms with Crippen LogP contribution in [0.3, 0.4) is 0 Å².